The van der Waals surface area contributed by atoms with Crippen molar-refractivity contribution >= 4 is 81.7 Å². The molecule has 1 nitrogen and oxygen atoms in total. The molecule has 0 saturated heterocycles. The molecule has 284 valence electrons. The highest BCUT2D eigenvalue weighted by atomic mass is 15.1. The Balaban J connectivity index is 1.14. The molecule has 0 heterocycles. The Bertz CT molecular complexity index is 3900. The fraction of sp³-hybridized carbons (Fsp3) is 0. The molecule has 0 fully saturated rings. The molecule has 0 saturated carbocycles. The standard InChI is InChI=1S/C60H39N/c1-4-19-49-43(14-1)37-58(55-25-10-7-22-52(49)55)40-28-32-46(33-29-40)61(47-34-30-41(31-35-47)59-38-44-15-2-5-20-50(44)53-23-8-11-26-56(53)59)48-18-13-17-42(36-48)60-39-45-16-3-6-21-51(45)54-24-9-12-27-57(54)60/h1-39H/i28D,29D,30D,31D,32D,33D,34D,35D. The summed E-state index contributed by atoms with van der Waals surface area (Å²) in [6, 6.07) is 58.2. The Labute approximate surface area is 366 Å². The molecule has 0 bridgehead atoms. The lowest BCUT2D eigenvalue weighted by molar-refractivity contribution is 1.28. The number of fused-ring (bicyclic) bond motifs is 9. The van der Waals surface area contributed by atoms with E-state index in [1.807, 2.05) is 152 Å². The van der Waals surface area contributed by atoms with Crippen LogP contribution in [0.2, 0.25) is 0 Å². The van der Waals surface area contributed by atoms with Gasteiger partial charge in [-0.15, -0.1) is 0 Å². The van der Waals surface area contributed by atoms with Crippen molar-refractivity contribution in [1.82, 2.24) is 0 Å². The van der Waals surface area contributed by atoms with Crippen molar-refractivity contribution < 1.29 is 11.0 Å². The molecule has 1 heteroatoms. The van der Waals surface area contributed by atoms with Gasteiger partial charge in [-0.2, -0.15) is 0 Å². The minimum Gasteiger partial charge on any atom is -0.310 e. The van der Waals surface area contributed by atoms with Gasteiger partial charge in [0.1, 0.15) is 0 Å². The van der Waals surface area contributed by atoms with Crippen LogP contribution in [0.4, 0.5) is 17.1 Å². The Hall–Kier alpha value is -8.00. The second-order valence-corrected chi connectivity index (χ2v) is 15.4. The molecule has 0 aliphatic rings. The molecular formula is C60H39N. The van der Waals surface area contributed by atoms with Crippen molar-refractivity contribution in [3.05, 3.63) is 236 Å². The van der Waals surface area contributed by atoms with Gasteiger partial charge in [0.25, 0.3) is 0 Å². The van der Waals surface area contributed by atoms with Crippen LogP contribution < -0.4 is 4.90 Å². The summed E-state index contributed by atoms with van der Waals surface area (Å²) in [6.45, 7) is 0. The number of anilines is 3. The van der Waals surface area contributed by atoms with Crippen molar-refractivity contribution in [1.29, 1.82) is 0 Å². The van der Waals surface area contributed by atoms with Gasteiger partial charge in [0, 0.05) is 17.1 Å². The fourth-order valence-corrected chi connectivity index (χ4v) is 9.10. The van der Waals surface area contributed by atoms with Crippen LogP contribution in [0.25, 0.3) is 98.0 Å². The van der Waals surface area contributed by atoms with Gasteiger partial charge in [-0.05, 0) is 153 Å². The average Bonchev–Trinajstić information content (AvgIpc) is 3.39. The van der Waals surface area contributed by atoms with E-state index in [1.165, 1.54) is 4.90 Å². The average molecular weight is 782 g/mol. The Kier molecular flexibility index (Phi) is 6.51. The fourth-order valence-electron chi connectivity index (χ4n) is 9.10. The SMILES string of the molecule is [2H]c1c([2H])c(N(c2cccc(-c3cc4ccccc4c4ccccc34)c2)c2c([2H])c([2H])c(-c3cc4ccccc4c4ccccc34)c([2H])c2[2H])c([2H])c([2H])c1-c1cc2ccccc2c2ccccc12. The van der Waals surface area contributed by atoms with Crippen LogP contribution in [-0.2, 0) is 0 Å². The summed E-state index contributed by atoms with van der Waals surface area (Å²) in [7, 11) is 0. The molecule has 0 aliphatic carbocycles. The summed E-state index contributed by atoms with van der Waals surface area (Å²) < 4.78 is 78.5. The number of hydrogen-bond donors (Lipinski definition) is 0. The number of hydrogen-bond acceptors (Lipinski definition) is 1. The number of rotatable bonds is 6. The quantitative estimate of drug-likeness (QED) is 0.152. The van der Waals surface area contributed by atoms with E-state index in [0.29, 0.717) is 16.8 Å². The third kappa shape index (κ3) is 5.93. The van der Waals surface area contributed by atoms with Crippen LogP contribution in [0, 0.1) is 0 Å². The minimum atomic E-state index is -0.397. The normalized spacial score (nSPS) is 13.4. The number of benzene rings is 12. The second-order valence-electron chi connectivity index (χ2n) is 15.4. The van der Waals surface area contributed by atoms with Gasteiger partial charge < -0.3 is 4.90 Å². The Morgan fingerprint density at radius 3 is 0.967 bits per heavy atom. The third-order valence-corrected chi connectivity index (χ3v) is 11.9. The third-order valence-electron chi connectivity index (χ3n) is 11.9. The second kappa shape index (κ2) is 14.4. The first-order valence-electron chi connectivity index (χ1n) is 24.4. The van der Waals surface area contributed by atoms with E-state index in [1.54, 1.807) is 6.07 Å². The molecule has 0 atom stereocenters. The van der Waals surface area contributed by atoms with Gasteiger partial charge in [-0.25, -0.2) is 0 Å². The first kappa shape index (κ1) is 27.6. The molecule has 0 spiro atoms. The van der Waals surface area contributed by atoms with Crippen molar-refractivity contribution in [2.24, 2.45) is 0 Å². The summed E-state index contributed by atoms with van der Waals surface area (Å²) >= 11 is 0. The molecule has 0 radical (unpaired) electrons. The molecule has 0 aliphatic heterocycles. The van der Waals surface area contributed by atoms with E-state index in [2.05, 4.69) is 30.3 Å². The maximum absolute atomic E-state index is 9.88. The molecular weight excluding hydrogens is 735 g/mol. The molecule has 0 N–H and O–H groups in total. The molecule has 12 aromatic rings. The molecule has 61 heavy (non-hydrogen) atoms. The maximum Gasteiger partial charge on any atom is 0.0645 e. The first-order valence-corrected chi connectivity index (χ1v) is 20.4. The van der Waals surface area contributed by atoms with Crippen molar-refractivity contribution in [2.45, 2.75) is 0 Å². The minimum absolute atomic E-state index is 0.116. The van der Waals surface area contributed by atoms with E-state index >= 15 is 0 Å². The predicted octanol–water partition coefficient (Wildman–Crippen LogP) is 17.1. The van der Waals surface area contributed by atoms with Crippen LogP contribution >= 0.6 is 0 Å². The van der Waals surface area contributed by atoms with E-state index in [4.69, 9.17) is 0 Å². The molecule has 0 unspecified atom stereocenters. The topological polar surface area (TPSA) is 3.24 Å². The first-order chi connectivity index (χ1) is 33.6. The van der Waals surface area contributed by atoms with Crippen LogP contribution in [0.15, 0.2) is 236 Å². The lowest BCUT2D eigenvalue weighted by Gasteiger charge is -2.27. The van der Waals surface area contributed by atoms with E-state index in [-0.39, 0.29) is 46.7 Å². The largest absolute Gasteiger partial charge is 0.310 e. The van der Waals surface area contributed by atoms with Gasteiger partial charge in [0.2, 0.25) is 0 Å². The van der Waals surface area contributed by atoms with Crippen molar-refractivity contribution in [3.63, 3.8) is 0 Å². The molecule has 12 aromatic carbocycles. The Morgan fingerprint density at radius 1 is 0.246 bits per heavy atom. The van der Waals surface area contributed by atoms with Crippen LogP contribution in [0.1, 0.15) is 11.0 Å². The predicted molar refractivity (Wildman–Crippen MR) is 262 cm³/mol. The summed E-state index contributed by atoms with van der Waals surface area (Å²) in [5, 5.41) is 11.3. The summed E-state index contributed by atoms with van der Waals surface area (Å²) in [6.07, 6.45) is 0. The maximum atomic E-state index is 9.88. The summed E-state index contributed by atoms with van der Waals surface area (Å²) in [5.74, 6) is 0. The number of nitrogens with zero attached hydrogens (tertiary/aromatic N) is 1. The van der Waals surface area contributed by atoms with Gasteiger partial charge in [-0.3, -0.25) is 0 Å². The lowest BCUT2D eigenvalue weighted by Crippen LogP contribution is -2.10. The van der Waals surface area contributed by atoms with Gasteiger partial charge in [0.15, 0.2) is 0 Å². The summed E-state index contributed by atoms with van der Waals surface area (Å²) in [4.78, 5) is 1.40. The van der Waals surface area contributed by atoms with E-state index in [0.717, 1.165) is 75.8 Å². The zero-order chi connectivity index (χ0) is 47.2. The van der Waals surface area contributed by atoms with Crippen LogP contribution in [0.5, 0.6) is 0 Å². The zero-order valence-electron chi connectivity index (χ0n) is 40.8. The molecule has 0 aromatic heterocycles. The van der Waals surface area contributed by atoms with Crippen molar-refractivity contribution in [2.75, 3.05) is 4.90 Å². The van der Waals surface area contributed by atoms with Gasteiger partial charge in [0.05, 0.1) is 11.0 Å². The molecule has 12 rings (SSSR count). The zero-order valence-corrected chi connectivity index (χ0v) is 32.8. The van der Waals surface area contributed by atoms with E-state index in [9.17, 15) is 11.0 Å². The highest BCUT2D eigenvalue weighted by Crippen LogP contribution is 2.43. The Morgan fingerprint density at radius 2 is 0.574 bits per heavy atom. The lowest BCUT2D eigenvalue weighted by atomic mass is 9.92. The van der Waals surface area contributed by atoms with Gasteiger partial charge in [-0.1, -0.05) is 182 Å². The molecule has 0 amide bonds. The van der Waals surface area contributed by atoms with Gasteiger partial charge >= 0.3 is 0 Å². The highest BCUT2D eigenvalue weighted by molar-refractivity contribution is 6.16. The monoisotopic (exact) mass is 781 g/mol. The van der Waals surface area contributed by atoms with Crippen LogP contribution in [-0.4, -0.2) is 0 Å². The van der Waals surface area contributed by atoms with Crippen molar-refractivity contribution in [3.8, 4) is 33.4 Å². The highest BCUT2D eigenvalue weighted by Gasteiger charge is 2.17. The summed E-state index contributed by atoms with van der Waals surface area (Å²) in [5.41, 5.74) is 2.91. The smallest absolute Gasteiger partial charge is 0.0645 e. The van der Waals surface area contributed by atoms with Crippen LogP contribution in [0.3, 0.4) is 0 Å². The van der Waals surface area contributed by atoms with E-state index < -0.39 is 24.2 Å².